The Labute approximate surface area is 112 Å². The van der Waals surface area contributed by atoms with Crippen molar-refractivity contribution in [3.8, 4) is 0 Å². The van der Waals surface area contributed by atoms with Gasteiger partial charge in [0, 0.05) is 17.0 Å². The Balaban J connectivity index is 1.90. The Morgan fingerprint density at radius 1 is 1.17 bits per heavy atom. The molecule has 0 radical (unpaired) electrons. The summed E-state index contributed by atoms with van der Waals surface area (Å²) in [5, 5.41) is 5.64. The summed E-state index contributed by atoms with van der Waals surface area (Å²) in [6.45, 7) is 4.29. The van der Waals surface area contributed by atoms with Crippen LogP contribution in [-0.2, 0) is 6.42 Å². The van der Waals surface area contributed by atoms with E-state index in [-0.39, 0.29) is 11.9 Å². The van der Waals surface area contributed by atoms with E-state index in [1.807, 2.05) is 12.1 Å². The van der Waals surface area contributed by atoms with Crippen molar-refractivity contribution in [2.75, 3.05) is 0 Å². The van der Waals surface area contributed by atoms with E-state index >= 15 is 0 Å². The summed E-state index contributed by atoms with van der Waals surface area (Å²) in [6, 6.07) is 11.6. The van der Waals surface area contributed by atoms with Gasteiger partial charge >= 0.3 is 0 Å². The van der Waals surface area contributed by atoms with Crippen LogP contribution in [0.25, 0.3) is 0 Å². The number of rotatable bonds is 5. The first kappa shape index (κ1) is 13.2. The fraction of sp³-hybridized carbons (Fsp3) is 0.333. The predicted molar refractivity (Wildman–Crippen MR) is 75.4 cm³/mol. The minimum Gasteiger partial charge on any atom is -0.307 e. The van der Waals surface area contributed by atoms with Crippen molar-refractivity contribution in [2.45, 2.75) is 32.4 Å². The Kier molecular flexibility index (Phi) is 4.50. The Bertz CT molecular complexity index is 464. The topological polar surface area (TPSA) is 12.0 Å². The van der Waals surface area contributed by atoms with Gasteiger partial charge < -0.3 is 5.32 Å². The van der Waals surface area contributed by atoms with Gasteiger partial charge in [0.15, 0.2) is 0 Å². The Hall–Kier alpha value is -1.19. The van der Waals surface area contributed by atoms with E-state index in [4.69, 9.17) is 0 Å². The Morgan fingerprint density at radius 3 is 2.50 bits per heavy atom. The van der Waals surface area contributed by atoms with Crippen LogP contribution in [0.1, 0.15) is 30.3 Å². The molecule has 2 rings (SSSR count). The van der Waals surface area contributed by atoms with Crippen molar-refractivity contribution in [1.82, 2.24) is 5.32 Å². The first-order valence-corrected chi connectivity index (χ1v) is 7.07. The maximum absolute atomic E-state index is 12.8. The lowest BCUT2D eigenvalue weighted by atomic mass is 10.1. The normalized spacial score (nSPS) is 14.4. The highest BCUT2D eigenvalue weighted by atomic mass is 32.1. The quantitative estimate of drug-likeness (QED) is 0.853. The fourth-order valence-electron chi connectivity index (χ4n) is 2.06. The molecule has 0 saturated heterocycles. The number of nitrogens with one attached hydrogen (secondary N) is 1. The maximum Gasteiger partial charge on any atom is 0.123 e. The fourth-order valence-corrected chi connectivity index (χ4v) is 2.90. The molecular weight excluding hydrogens is 245 g/mol. The molecule has 2 aromatic rings. The number of hydrogen-bond donors (Lipinski definition) is 1. The number of halogens is 1. The molecule has 0 amide bonds. The standard InChI is InChI=1S/C15H18FNS/c1-11(10-15-4-3-9-18-15)17-12(2)13-5-7-14(16)8-6-13/h3-9,11-12,17H,10H2,1-2H3. The summed E-state index contributed by atoms with van der Waals surface area (Å²) >= 11 is 1.79. The molecule has 0 aliphatic carbocycles. The lowest BCUT2D eigenvalue weighted by Gasteiger charge is -2.20. The maximum atomic E-state index is 12.8. The van der Waals surface area contributed by atoms with Crippen LogP contribution in [0.15, 0.2) is 41.8 Å². The molecule has 96 valence electrons. The second-order valence-corrected chi connectivity index (χ2v) is 5.66. The third-order valence-electron chi connectivity index (χ3n) is 2.99. The van der Waals surface area contributed by atoms with Crippen LogP contribution in [0.5, 0.6) is 0 Å². The van der Waals surface area contributed by atoms with Crippen LogP contribution in [0.4, 0.5) is 4.39 Å². The van der Waals surface area contributed by atoms with Crippen LogP contribution in [-0.4, -0.2) is 6.04 Å². The van der Waals surface area contributed by atoms with Crippen LogP contribution in [0, 0.1) is 5.82 Å². The zero-order valence-corrected chi connectivity index (χ0v) is 11.5. The Morgan fingerprint density at radius 2 is 1.89 bits per heavy atom. The predicted octanol–water partition coefficient (Wildman–Crippen LogP) is 4.17. The zero-order chi connectivity index (χ0) is 13.0. The van der Waals surface area contributed by atoms with E-state index in [1.54, 1.807) is 11.3 Å². The molecule has 1 aromatic heterocycles. The molecule has 0 spiro atoms. The van der Waals surface area contributed by atoms with Crippen molar-refractivity contribution in [3.05, 3.63) is 58.0 Å². The molecule has 1 heterocycles. The second kappa shape index (κ2) is 6.12. The van der Waals surface area contributed by atoms with Gasteiger partial charge in [-0.05, 0) is 49.4 Å². The van der Waals surface area contributed by atoms with Gasteiger partial charge in [0.05, 0.1) is 0 Å². The summed E-state index contributed by atoms with van der Waals surface area (Å²) in [4.78, 5) is 1.39. The van der Waals surface area contributed by atoms with E-state index in [9.17, 15) is 4.39 Å². The van der Waals surface area contributed by atoms with E-state index in [0.29, 0.717) is 6.04 Å². The second-order valence-electron chi connectivity index (χ2n) is 4.62. The molecule has 0 fully saturated rings. The van der Waals surface area contributed by atoms with Gasteiger partial charge in [0.1, 0.15) is 5.82 Å². The molecule has 1 nitrogen and oxygen atoms in total. The molecule has 0 bridgehead atoms. The van der Waals surface area contributed by atoms with Crippen LogP contribution in [0.2, 0.25) is 0 Å². The summed E-state index contributed by atoms with van der Waals surface area (Å²) in [6.07, 6.45) is 1.03. The molecule has 0 aliphatic heterocycles. The third-order valence-corrected chi connectivity index (χ3v) is 3.89. The van der Waals surface area contributed by atoms with Crippen LogP contribution < -0.4 is 5.32 Å². The zero-order valence-electron chi connectivity index (χ0n) is 10.7. The van der Waals surface area contributed by atoms with E-state index < -0.39 is 0 Å². The van der Waals surface area contributed by atoms with E-state index in [1.165, 1.54) is 17.0 Å². The smallest absolute Gasteiger partial charge is 0.123 e. The molecule has 0 aliphatic rings. The van der Waals surface area contributed by atoms with Gasteiger partial charge in [0.25, 0.3) is 0 Å². The molecule has 3 heteroatoms. The van der Waals surface area contributed by atoms with Crippen molar-refractivity contribution in [3.63, 3.8) is 0 Å². The molecule has 1 N–H and O–H groups in total. The SMILES string of the molecule is CC(Cc1cccs1)NC(C)c1ccc(F)cc1. The number of thiophene rings is 1. The molecule has 0 saturated carbocycles. The highest BCUT2D eigenvalue weighted by Crippen LogP contribution is 2.16. The van der Waals surface area contributed by atoms with E-state index in [0.717, 1.165) is 12.0 Å². The number of hydrogen-bond acceptors (Lipinski definition) is 2. The van der Waals surface area contributed by atoms with Crippen LogP contribution >= 0.6 is 11.3 Å². The van der Waals surface area contributed by atoms with Crippen molar-refractivity contribution in [1.29, 1.82) is 0 Å². The minimum absolute atomic E-state index is 0.183. The van der Waals surface area contributed by atoms with Gasteiger partial charge in [-0.3, -0.25) is 0 Å². The first-order valence-electron chi connectivity index (χ1n) is 6.19. The van der Waals surface area contributed by atoms with Crippen molar-refractivity contribution >= 4 is 11.3 Å². The average molecular weight is 263 g/mol. The first-order chi connectivity index (χ1) is 8.65. The van der Waals surface area contributed by atoms with Crippen molar-refractivity contribution in [2.24, 2.45) is 0 Å². The average Bonchev–Trinajstić information content (AvgIpc) is 2.82. The lowest BCUT2D eigenvalue weighted by molar-refractivity contribution is 0.478. The molecule has 1 aromatic carbocycles. The van der Waals surface area contributed by atoms with Gasteiger partial charge in [-0.25, -0.2) is 4.39 Å². The number of benzene rings is 1. The monoisotopic (exact) mass is 263 g/mol. The van der Waals surface area contributed by atoms with Gasteiger partial charge in [-0.2, -0.15) is 0 Å². The largest absolute Gasteiger partial charge is 0.307 e. The minimum atomic E-state index is -0.183. The molecular formula is C15H18FNS. The summed E-state index contributed by atoms with van der Waals surface area (Å²) < 4.78 is 12.8. The molecule has 18 heavy (non-hydrogen) atoms. The van der Waals surface area contributed by atoms with Crippen LogP contribution in [0.3, 0.4) is 0 Å². The van der Waals surface area contributed by atoms with Gasteiger partial charge in [-0.15, -0.1) is 11.3 Å². The lowest BCUT2D eigenvalue weighted by Crippen LogP contribution is -2.30. The summed E-state index contributed by atoms with van der Waals surface area (Å²) in [5.41, 5.74) is 1.12. The highest BCUT2D eigenvalue weighted by molar-refractivity contribution is 7.09. The van der Waals surface area contributed by atoms with Gasteiger partial charge in [0.2, 0.25) is 0 Å². The third kappa shape index (κ3) is 3.65. The molecule has 2 atom stereocenters. The summed E-state index contributed by atoms with van der Waals surface area (Å²) in [5.74, 6) is -0.183. The molecule has 2 unspecified atom stereocenters. The van der Waals surface area contributed by atoms with Crippen molar-refractivity contribution < 1.29 is 4.39 Å². The highest BCUT2D eigenvalue weighted by Gasteiger charge is 2.10. The van der Waals surface area contributed by atoms with E-state index in [2.05, 4.69) is 36.7 Å². The van der Waals surface area contributed by atoms with Gasteiger partial charge in [-0.1, -0.05) is 18.2 Å². The summed E-state index contributed by atoms with van der Waals surface area (Å²) in [7, 11) is 0.